The second-order valence-corrected chi connectivity index (χ2v) is 4.37. The zero-order chi connectivity index (χ0) is 10.3. The van der Waals surface area contributed by atoms with E-state index in [0.717, 1.165) is 12.8 Å². The number of carboxylic acid groups (broad SMARTS) is 1. The van der Waals surface area contributed by atoms with Gasteiger partial charge in [-0.15, -0.1) is 0 Å². The van der Waals surface area contributed by atoms with E-state index in [1.807, 2.05) is 0 Å². The lowest BCUT2D eigenvalue weighted by atomic mass is 9.87. The minimum atomic E-state index is -1.06. The first-order valence-electron chi connectivity index (χ1n) is 4.90. The Kier molecular flexibility index (Phi) is 2.16. The average molecular weight is 201 g/mol. The molecule has 2 bridgehead atoms. The quantitative estimate of drug-likeness (QED) is 0.558. The van der Waals surface area contributed by atoms with Crippen molar-refractivity contribution in [1.29, 1.82) is 0 Å². The molecule has 2 aliphatic heterocycles. The number of hydrogen-bond donors (Lipinski definition) is 3. The van der Waals surface area contributed by atoms with Crippen molar-refractivity contribution in [3.05, 3.63) is 0 Å². The van der Waals surface area contributed by atoms with Gasteiger partial charge in [0, 0.05) is 12.1 Å². The Balaban J connectivity index is 2.16. The molecule has 0 spiro atoms. The second-order valence-electron chi connectivity index (χ2n) is 4.37. The molecular weight excluding hydrogens is 186 g/mol. The summed E-state index contributed by atoms with van der Waals surface area (Å²) in [6.45, 7) is -0.270. The number of piperidine rings is 1. The van der Waals surface area contributed by atoms with E-state index in [9.17, 15) is 9.90 Å². The Morgan fingerprint density at radius 2 is 1.86 bits per heavy atom. The summed E-state index contributed by atoms with van der Waals surface area (Å²) in [6, 6.07) is -0.216. The molecule has 0 aromatic heterocycles. The first kappa shape index (κ1) is 9.73. The van der Waals surface area contributed by atoms with E-state index >= 15 is 0 Å². The largest absolute Gasteiger partial charge is 0.465 e. The van der Waals surface area contributed by atoms with Gasteiger partial charge in [-0.3, -0.25) is 0 Å². The fourth-order valence-corrected chi connectivity index (χ4v) is 2.76. The molecule has 2 saturated heterocycles. The van der Waals surface area contributed by atoms with Crippen molar-refractivity contribution in [1.82, 2.24) is 4.90 Å². The van der Waals surface area contributed by atoms with Gasteiger partial charge < -0.3 is 20.2 Å². The van der Waals surface area contributed by atoms with Crippen molar-refractivity contribution in [2.45, 2.75) is 43.4 Å². The molecule has 5 heteroatoms. The predicted molar refractivity (Wildman–Crippen MR) is 47.9 cm³/mol. The highest BCUT2D eigenvalue weighted by molar-refractivity contribution is 5.66. The van der Waals surface area contributed by atoms with Gasteiger partial charge in [-0.1, -0.05) is 0 Å². The van der Waals surface area contributed by atoms with Crippen molar-refractivity contribution in [2.75, 3.05) is 6.61 Å². The second kappa shape index (κ2) is 3.10. The summed E-state index contributed by atoms with van der Waals surface area (Å²) in [5, 5.41) is 27.9. The molecule has 0 aromatic rings. The van der Waals surface area contributed by atoms with Gasteiger partial charge in [0.05, 0.1) is 12.2 Å². The van der Waals surface area contributed by atoms with Crippen molar-refractivity contribution in [3.8, 4) is 0 Å². The summed E-state index contributed by atoms with van der Waals surface area (Å²) in [5.74, 6) is 0. The third-order valence-corrected chi connectivity index (χ3v) is 3.37. The molecule has 14 heavy (non-hydrogen) atoms. The van der Waals surface area contributed by atoms with E-state index in [1.54, 1.807) is 0 Å². The number of amides is 1. The monoisotopic (exact) mass is 201 g/mol. The summed E-state index contributed by atoms with van der Waals surface area (Å²) >= 11 is 0. The van der Waals surface area contributed by atoms with Crippen molar-refractivity contribution in [2.24, 2.45) is 0 Å². The van der Waals surface area contributed by atoms with Gasteiger partial charge in [0.25, 0.3) is 0 Å². The molecule has 2 fully saturated rings. The van der Waals surface area contributed by atoms with Crippen LogP contribution in [0, 0.1) is 0 Å². The van der Waals surface area contributed by atoms with E-state index in [4.69, 9.17) is 10.2 Å². The lowest BCUT2D eigenvalue weighted by Gasteiger charge is -2.41. The minimum absolute atomic E-state index is 0.108. The van der Waals surface area contributed by atoms with Gasteiger partial charge in [-0.25, -0.2) is 4.79 Å². The summed E-state index contributed by atoms with van der Waals surface area (Å²) in [7, 11) is 0. The van der Waals surface area contributed by atoms with Crippen LogP contribution < -0.4 is 0 Å². The molecule has 0 saturated carbocycles. The van der Waals surface area contributed by atoms with Crippen molar-refractivity contribution < 1.29 is 20.1 Å². The Labute approximate surface area is 82.0 Å². The van der Waals surface area contributed by atoms with Crippen LogP contribution in [0.1, 0.15) is 25.7 Å². The fourth-order valence-electron chi connectivity index (χ4n) is 2.76. The van der Waals surface area contributed by atoms with E-state index < -0.39 is 11.7 Å². The molecule has 0 aliphatic carbocycles. The predicted octanol–water partition coefficient (Wildman–Crippen LogP) is 0.0146. The molecule has 0 aromatic carbocycles. The highest BCUT2D eigenvalue weighted by Crippen LogP contribution is 2.40. The van der Waals surface area contributed by atoms with Gasteiger partial charge in [0.1, 0.15) is 0 Å². The number of aliphatic hydroxyl groups is 2. The van der Waals surface area contributed by atoms with Gasteiger partial charge >= 0.3 is 6.09 Å². The molecule has 2 heterocycles. The number of carbonyl (C=O) groups is 1. The minimum Gasteiger partial charge on any atom is -0.465 e. The van der Waals surface area contributed by atoms with Crippen LogP contribution in [0.2, 0.25) is 0 Å². The maximum atomic E-state index is 10.9. The van der Waals surface area contributed by atoms with Gasteiger partial charge in [0.15, 0.2) is 0 Å². The third kappa shape index (κ3) is 1.36. The van der Waals surface area contributed by atoms with Crippen LogP contribution in [0.3, 0.4) is 0 Å². The molecule has 80 valence electrons. The third-order valence-electron chi connectivity index (χ3n) is 3.37. The van der Waals surface area contributed by atoms with E-state index in [2.05, 4.69) is 0 Å². The molecule has 3 atom stereocenters. The maximum Gasteiger partial charge on any atom is 0.407 e. The standard InChI is InChI=1S/C9H15NO4/c11-5-9(14)3-6-1-2-7(4-9)10(6)8(12)13/h6-7,11,14H,1-5H2,(H,12,13)/t6-,7+,9-. The highest BCUT2D eigenvalue weighted by atomic mass is 16.4. The van der Waals surface area contributed by atoms with Crippen LogP contribution in [0.15, 0.2) is 0 Å². The first-order chi connectivity index (χ1) is 6.56. The number of hydrogen-bond acceptors (Lipinski definition) is 3. The van der Waals surface area contributed by atoms with E-state index in [0.29, 0.717) is 12.8 Å². The highest BCUT2D eigenvalue weighted by Gasteiger charge is 2.49. The van der Waals surface area contributed by atoms with Crippen molar-refractivity contribution >= 4 is 6.09 Å². The van der Waals surface area contributed by atoms with Gasteiger partial charge in [0.2, 0.25) is 0 Å². The molecular formula is C9H15NO4. The molecule has 5 nitrogen and oxygen atoms in total. The van der Waals surface area contributed by atoms with Crippen LogP contribution >= 0.6 is 0 Å². The van der Waals surface area contributed by atoms with Crippen LogP contribution in [-0.4, -0.2) is 50.6 Å². The Hall–Kier alpha value is -0.810. The maximum absolute atomic E-state index is 10.9. The topological polar surface area (TPSA) is 81.0 Å². The number of nitrogens with zero attached hydrogens (tertiary/aromatic N) is 1. The molecule has 2 rings (SSSR count). The number of rotatable bonds is 1. The van der Waals surface area contributed by atoms with Gasteiger partial charge in [-0.05, 0) is 25.7 Å². The van der Waals surface area contributed by atoms with E-state index in [1.165, 1.54) is 4.90 Å². The fraction of sp³-hybridized carbons (Fsp3) is 0.889. The zero-order valence-corrected chi connectivity index (χ0v) is 7.89. The SMILES string of the molecule is O=C(O)N1[C@@H]2CC[C@H]1C[C@@](O)(CO)C2. The lowest BCUT2D eigenvalue weighted by Crippen LogP contribution is -2.54. The van der Waals surface area contributed by atoms with Crippen LogP contribution in [0.4, 0.5) is 4.79 Å². The van der Waals surface area contributed by atoms with Gasteiger partial charge in [-0.2, -0.15) is 0 Å². The Bertz CT molecular complexity index is 241. The summed E-state index contributed by atoms with van der Waals surface area (Å²) in [6.07, 6.45) is 1.44. The van der Waals surface area contributed by atoms with Crippen LogP contribution in [0.25, 0.3) is 0 Å². The number of aliphatic hydroxyl groups excluding tert-OH is 1. The molecule has 0 radical (unpaired) electrons. The lowest BCUT2D eigenvalue weighted by molar-refractivity contribution is -0.0766. The normalized spacial score (nSPS) is 41.4. The van der Waals surface area contributed by atoms with Crippen molar-refractivity contribution in [3.63, 3.8) is 0 Å². The first-order valence-corrected chi connectivity index (χ1v) is 4.90. The molecule has 0 unspecified atom stereocenters. The molecule has 2 aliphatic rings. The summed E-state index contributed by atoms with van der Waals surface area (Å²) < 4.78 is 0. The zero-order valence-electron chi connectivity index (χ0n) is 7.89. The molecule has 3 N–H and O–H groups in total. The Morgan fingerprint density at radius 3 is 2.21 bits per heavy atom. The summed E-state index contributed by atoms with van der Waals surface area (Å²) in [5.41, 5.74) is -1.06. The number of fused-ring (bicyclic) bond motifs is 2. The smallest absolute Gasteiger partial charge is 0.407 e. The molecule has 1 amide bonds. The van der Waals surface area contributed by atoms with E-state index in [-0.39, 0.29) is 18.7 Å². The Morgan fingerprint density at radius 1 is 1.36 bits per heavy atom. The average Bonchev–Trinajstić information content (AvgIpc) is 2.40. The van der Waals surface area contributed by atoms with Crippen LogP contribution in [-0.2, 0) is 0 Å². The van der Waals surface area contributed by atoms with Crippen LogP contribution in [0.5, 0.6) is 0 Å². The summed E-state index contributed by atoms with van der Waals surface area (Å²) in [4.78, 5) is 12.3.